The van der Waals surface area contributed by atoms with E-state index in [-0.39, 0.29) is 18.3 Å². The van der Waals surface area contributed by atoms with Crippen LogP contribution in [0.4, 0.5) is 0 Å². The Labute approximate surface area is 141 Å². The van der Waals surface area contributed by atoms with Gasteiger partial charge in [-0.25, -0.2) is 8.42 Å². The van der Waals surface area contributed by atoms with Gasteiger partial charge in [-0.3, -0.25) is 0 Å². The average molecular weight is 355 g/mol. The number of halogens is 1. The monoisotopic (exact) mass is 354 g/mol. The second-order valence-electron chi connectivity index (χ2n) is 5.37. The van der Waals surface area contributed by atoms with E-state index in [2.05, 4.69) is 0 Å². The van der Waals surface area contributed by atoms with Crippen LogP contribution in [0.1, 0.15) is 12.5 Å². The molecule has 0 saturated carbocycles. The summed E-state index contributed by atoms with van der Waals surface area (Å²) in [5.74, 6) is 1.13. The van der Waals surface area contributed by atoms with Crippen molar-refractivity contribution in [2.45, 2.75) is 13.5 Å². The minimum Gasteiger partial charge on any atom is -0.493 e. The van der Waals surface area contributed by atoms with Crippen molar-refractivity contribution in [2.75, 3.05) is 12.4 Å². The highest BCUT2D eigenvalue weighted by Crippen LogP contribution is 2.19. The third-order valence-corrected chi connectivity index (χ3v) is 4.44. The Balaban J connectivity index is 1.80. The van der Waals surface area contributed by atoms with Crippen molar-refractivity contribution >= 4 is 19.7 Å². The van der Waals surface area contributed by atoms with Crippen LogP contribution in [-0.4, -0.2) is 20.8 Å². The van der Waals surface area contributed by atoms with E-state index >= 15 is 0 Å². The van der Waals surface area contributed by atoms with Gasteiger partial charge in [0, 0.05) is 16.6 Å². The van der Waals surface area contributed by atoms with Crippen LogP contribution in [0.25, 0.3) is 0 Å². The molecule has 1 unspecified atom stereocenters. The Bertz CT molecular complexity index is 699. The molecule has 124 valence electrons. The second-order valence-corrected chi connectivity index (χ2v) is 8.19. The van der Waals surface area contributed by atoms with Gasteiger partial charge in [0.1, 0.15) is 18.1 Å². The Kier molecular flexibility index (Phi) is 6.30. The number of ether oxygens (including phenoxy) is 2. The number of rotatable bonds is 8. The van der Waals surface area contributed by atoms with E-state index in [0.717, 1.165) is 11.3 Å². The number of hydrogen-bond donors (Lipinski definition) is 0. The normalized spacial score (nSPS) is 12.6. The molecule has 4 nitrogen and oxygen atoms in total. The Hall–Kier alpha value is -1.72. The van der Waals surface area contributed by atoms with Crippen LogP contribution in [0.5, 0.6) is 11.5 Å². The third kappa shape index (κ3) is 6.93. The van der Waals surface area contributed by atoms with Crippen LogP contribution in [0.3, 0.4) is 0 Å². The number of benzene rings is 2. The first-order valence-electron chi connectivity index (χ1n) is 7.24. The van der Waals surface area contributed by atoms with E-state index in [4.69, 9.17) is 20.2 Å². The summed E-state index contributed by atoms with van der Waals surface area (Å²) >= 11 is 0. The van der Waals surface area contributed by atoms with Crippen molar-refractivity contribution in [3.8, 4) is 11.5 Å². The fraction of sp³-hybridized carbons (Fsp3) is 0.294. The molecule has 0 amide bonds. The third-order valence-electron chi connectivity index (χ3n) is 3.09. The Morgan fingerprint density at radius 3 is 2.09 bits per heavy atom. The molecule has 6 heteroatoms. The molecule has 0 saturated heterocycles. The summed E-state index contributed by atoms with van der Waals surface area (Å²) in [4.78, 5) is 0. The average Bonchev–Trinajstić information content (AvgIpc) is 2.51. The highest BCUT2D eigenvalue weighted by atomic mass is 35.7. The first kappa shape index (κ1) is 17.6. The second kappa shape index (κ2) is 8.22. The van der Waals surface area contributed by atoms with Crippen LogP contribution in [0.15, 0.2) is 54.6 Å². The molecule has 0 fully saturated rings. The Morgan fingerprint density at radius 2 is 1.52 bits per heavy atom. The summed E-state index contributed by atoms with van der Waals surface area (Å²) in [6.45, 7) is 2.57. The zero-order valence-electron chi connectivity index (χ0n) is 12.8. The van der Waals surface area contributed by atoms with Gasteiger partial charge in [-0.2, -0.15) is 0 Å². The summed E-state index contributed by atoms with van der Waals surface area (Å²) in [6.07, 6.45) is 0. The highest BCUT2D eigenvalue weighted by molar-refractivity contribution is 8.13. The molecule has 0 radical (unpaired) electrons. The molecule has 2 aromatic carbocycles. The van der Waals surface area contributed by atoms with E-state index in [1.54, 1.807) is 19.1 Å². The molecule has 0 aromatic heterocycles. The van der Waals surface area contributed by atoms with Gasteiger partial charge in [-0.15, -0.1) is 0 Å². The molecule has 0 aliphatic heterocycles. The molecule has 0 aliphatic carbocycles. The van der Waals surface area contributed by atoms with Crippen LogP contribution in [-0.2, 0) is 15.7 Å². The molecule has 1 atom stereocenters. The highest BCUT2D eigenvalue weighted by Gasteiger charge is 2.13. The van der Waals surface area contributed by atoms with Gasteiger partial charge in [0.05, 0.1) is 12.4 Å². The van der Waals surface area contributed by atoms with E-state index in [1.807, 2.05) is 42.5 Å². The molecule has 23 heavy (non-hydrogen) atoms. The summed E-state index contributed by atoms with van der Waals surface area (Å²) in [7, 11) is 1.72. The van der Waals surface area contributed by atoms with Crippen molar-refractivity contribution in [1.82, 2.24) is 0 Å². The molecule has 2 aromatic rings. The lowest BCUT2D eigenvalue weighted by atomic mass is 10.2. The van der Waals surface area contributed by atoms with Crippen molar-refractivity contribution < 1.29 is 17.9 Å². The van der Waals surface area contributed by atoms with Gasteiger partial charge in [-0.1, -0.05) is 37.3 Å². The van der Waals surface area contributed by atoms with E-state index in [9.17, 15) is 8.42 Å². The van der Waals surface area contributed by atoms with Gasteiger partial charge >= 0.3 is 0 Å². The summed E-state index contributed by atoms with van der Waals surface area (Å²) < 4.78 is 33.2. The molecular weight excluding hydrogens is 336 g/mol. The van der Waals surface area contributed by atoms with Crippen molar-refractivity contribution in [1.29, 1.82) is 0 Å². The summed E-state index contributed by atoms with van der Waals surface area (Å²) in [5.41, 5.74) is 1.10. The van der Waals surface area contributed by atoms with Gasteiger partial charge in [0.15, 0.2) is 0 Å². The zero-order chi connectivity index (χ0) is 16.7. The van der Waals surface area contributed by atoms with E-state index < -0.39 is 9.05 Å². The van der Waals surface area contributed by atoms with Crippen LogP contribution < -0.4 is 9.47 Å². The lowest BCUT2D eigenvalue weighted by molar-refractivity contribution is 0.270. The molecule has 0 aliphatic rings. The molecule has 0 heterocycles. The SMILES string of the molecule is CC(COc1ccc(OCc2ccccc2)cc1)CS(=O)(=O)Cl. The summed E-state index contributed by atoms with van der Waals surface area (Å²) in [5, 5.41) is 0. The maximum Gasteiger partial charge on any atom is 0.232 e. The van der Waals surface area contributed by atoms with Crippen LogP contribution in [0.2, 0.25) is 0 Å². The van der Waals surface area contributed by atoms with Crippen molar-refractivity contribution in [3.63, 3.8) is 0 Å². The van der Waals surface area contributed by atoms with Gasteiger partial charge in [0.25, 0.3) is 0 Å². The van der Waals surface area contributed by atoms with Crippen molar-refractivity contribution in [3.05, 3.63) is 60.2 Å². The van der Waals surface area contributed by atoms with E-state index in [1.165, 1.54) is 0 Å². The molecule has 2 rings (SSSR count). The van der Waals surface area contributed by atoms with Crippen LogP contribution >= 0.6 is 10.7 Å². The van der Waals surface area contributed by atoms with Gasteiger partial charge in [0.2, 0.25) is 9.05 Å². The fourth-order valence-electron chi connectivity index (χ4n) is 2.00. The minimum absolute atomic E-state index is 0.104. The molecule has 0 spiro atoms. The maximum absolute atomic E-state index is 11.0. The van der Waals surface area contributed by atoms with E-state index in [0.29, 0.717) is 12.4 Å². The maximum atomic E-state index is 11.0. The predicted molar refractivity (Wildman–Crippen MR) is 91.5 cm³/mol. The van der Waals surface area contributed by atoms with Gasteiger partial charge in [-0.05, 0) is 29.8 Å². The Morgan fingerprint density at radius 1 is 0.957 bits per heavy atom. The lowest BCUT2D eigenvalue weighted by Gasteiger charge is -2.12. The molecule has 0 bridgehead atoms. The first-order chi connectivity index (χ1) is 10.9. The molecule has 0 N–H and O–H groups in total. The zero-order valence-corrected chi connectivity index (χ0v) is 14.4. The largest absolute Gasteiger partial charge is 0.493 e. The smallest absolute Gasteiger partial charge is 0.232 e. The quantitative estimate of drug-likeness (QED) is 0.676. The topological polar surface area (TPSA) is 52.6 Å². The minimum atomic E-state index is -3.50. The molecular formula is C17H19ClO4S. The van der Waals surface area contributed by atoms with Crippen LogP contribution in [0, 0.1) is 5.92 Å². The predicted octanol–water partition coefficient (Wildman–Crippen LogP) is 3.85. The fourth-order valence-corrected chi connectivity index (χ4v) is 3.42. The van der Waals surface area contributed by atoms with Gasteiger partial charge < -0.3 is 9.47 Å². The first-order valence-corrected chi connectivity index (χ1v) is 9.72. The van der Waals surface area contributed by atoms with Crippen molar-refractivity contribution in [2.24, 2.45) is 5.92 Å². The standard InChI is InChI=1S/C17H19ClO4S/c1-14(13-23(18,19)20)11-21-16-7-9-17(10-8-16)22-12-15-5-3-2-4-6-15/h2-10,14H,11-13H2,1H3. The lowest BCUT2D eigenvalue weighted by Crippen LogP contribution is -2.16. The number of hydrogen-bond acceptors (Lipinski definition) is 4. The summed E-state index contributed by atoms with van der Waals surface area (Å²) in [6, 6.07) is 17.1.